The number of nitrogens with zero attached hydrogens (tertiary/aromatic N) is 1. The molecule has 0 aromatic heterocycles. The van der Waals surface area contributed by atoms with Crippen LogP contribution in [0.5, 0.6) is 0 Å². The number of carbonyl (C=O) groups excluding carboxylic acids is 1. The van der Waals surface area contributed by atoms with E-state index in [0.717, 1.165) is 32.2 Å². The Kier molecular flexibility index (Phi) is 3.89. The van der Waals surface area contributed by atoms with Crippen molar-refractivity contribution in [2.75, 3.05) is 26.7 Å². The van der Waals surface area contributed by atoms with E-state index in [4.69, 9.17) is 4.74 Å². The highest BCUT2D eigenvalue weighted by Gasteiger charge is 2.34. The Hall–Kier alpha value is -0.810. The summed E-state index contributed by atoms with van der Waals surface area (Å²) in [6.07, 6.45) is 4.60. The first kappa shape index (κ1) is 12.6. The van der Waals surface area contributed by atoms with Crippen LogP contribution >= 0.6 is 0 Å². The number of amides is 2. The molecule has 1 aliphatic heterocycles. The Bertz CT molecular complexity index is 279. The maximum absolute atomic E-state index is 11.8. The minimum atomic E-state index is -0.507. The molecular weight excluding hydrogens is 220 g/mol. The van der Waals surface area contributed by atoms with Gasteiger partial charge in [0.2, 0.25) is 0 Å². The monoisotopic (exact) mass is 242 g/mol. The summed E-state index contributed by atoms with van der Waals surface area (Å²) in [7, 11) is 1.68. The fraction of sp³-hybridized carbons (Fsp3) is 0.917. The van der Waals surface area contributed by atoms with Crippen molar-refractivity contribution in [1.82, 2.24) is 10.2 Å². The number of likely N-dealkylation sites (tertiary alicyclic amines) is 1. The predicted octanol–water partition coefficient (Wildman–Crippen LogP) is 0.722. The number of rotatable bonds is 4. The smallest absolute Gasteiger partial charge is 0.317 e. The Morgan fingerprint density at radius 3 is 2.88 bits per heavy atom. The van der Waals surface area contributed by atoms with Crippen LogP contribution in [-0.2, 0) is 4.74 Å². The topological polar surface area (TPSA) is 61.8 Å². The van der Waals surface area contributed by atoms with Gasteiger partial charge in [-0.25, -0.2) is 4.79 Å². The van der Waals surface area contributed by atoms with Crippen molar-refractivity contribution in [1.29, 1.82) is 0 Å². The van der Waals surface area contributed by atoms with Crippen molar-refractivity contribution in [3.8, 4) is 0 Å². The van der Waals surface area contributed by atoms with Crippen LogP contribution < -0.4 is 5.32 Å². The first-order chi connectivity index (χ1) is 8.13. The van der Waals surface area contributed by atoms with Crippen molar-refractivity contribution < 1.29 is 14.6 Å². The average molecular weight is 242 g/mol. The molecule has 0 aromatic rings. The zero-order valence-electron chi connectivity index (χ0n) is 10.4. The van der Waals surface area contributed by atoms with E-state index in [1.807, 2.05) is 0 Å². The zero-order chi connectivity index (χ0) is 12.3. The third-order valence-corrected chi connectivity index (χ3v) is 3.92. The average Bonchev–Trinajstić information content (AvgIpc) is 2.75. The Labute approximate surface area is 102 Å². The summed E-state index contributed by atoms with van der Waals surface area (Å²) in [6.45, 7) is 1.99. The number of carbonyl (C=O) groups is 1. The number of urea groups is 1. The van der Waals surface area contributed by atoms with Gasteiger partial charge in [0.15, 0.2) is 0 Å². The van der Waals surface area contributed by atoms with Crippen LogP contribution in [-0.4, -0.2) is 54.5 Å². The summed E-state index contributed by atoms with van der Waals surface area (Å²) in [5, 5.41) is 12.7. The van der Waals surface area contributed by atoms with Crippen molar-refractivity contribution in [3.63, 3.8) is 0 Å². The van der Waals surface area contributed by atoms with E-state index in [0.29, 0.717) is 19.5 Å². The Morgan fingerprint density at radius 2 is 2.35 bits per heavy atom. The van der Waals surface area contributed by atoms with Gasteiger partial charge in [0.1, 0.15) is 0 Å². The van der Waals surface area contributed by atoms with Crippen molar-refractivity contribution >= 4 is 6.03 Å². The molecule has 17 heavy (non-hydrogen) atoms. The number of aliphatic hydroxyl groups is 1. The van der Waals surface area contributed by atoms with Crippen LogP contribution in [0.4, 0.5) is 4.79 Å². The van der Waals surface area contributed by atoms with Crippen molar-refractivity contribution in [2.24, 2.45) is 0 Å². The summed E-state index contributed by atoms with van der Waals surface area (Å²) in [6, 6.07) is -0.0347. The van der Waals surface area contributed by atoms with E-state index >= 15 is 0 Å². The van der Waals surface area contributed by atoms with Gasteiger partial charge in [-0.1, -0.05) is 0 Å². The van der Waals surface area contributed by atoms with Crippen LogP contribution in [0.3, 0.4) is 0 Å². The molecule has 1 heterocycles. The van der Waals surface area contributed by atoms with Gasteiger partial charge in [0, 0.05) is 26.7 Å². The molecule has 2 amide bonds. The Morgan fingerprint density at radius 1 is 1.59 bits per heavy atom. The third-order valence-electron chi connectivity index (χ3n) is 3.92. The maximum Gasteiger partial charge on any atom is 0.317 e. The molecule has 2 aliphatic rings. The second kappa shape index (κ2) is 5.23. The molecule has 1 atom stereocenters. The molecule has 1 saturated carbocycles. The maximum atomic E-state index is 11.8. The van der Waals surface area contributed by atoms with Gasteiger partial charge in [-0.2, -0.15) is 0 Å². The van der Waals surface area contributed by atoms with Gasteiger partial charge in [-0.15, -0.1) is 0 Å². The third kappa shape index (κ3) is 3.10. The lowest BCUT2D eigenvalue weighted by Crippen LogP contribution is -2.44. The van der Waals surface area contributed by atoms with E-state index in [2.05, 4.69) is 5.32 Å². The van der Waals surface area contributed by atoms with E-state index in [9.17, 15) is 9.90 Å². The van der Waals surface area contributed by atoms with Gasteiger partial charge >= 0.3 is 6.03 Å². The molecule has 0 radical (unpaired) electrons. The largest absolute Gasteiger partial charge is 0.390 e. The number of methoxy groups -OCH3 is 1. The van der Waals surface area contributed by atoms with Crippen LogP contribution in [0.2, 0.25) is 0 Å². The van der Waals surface area contributed by atoms with E-state index in [1.54, 1.807) is 12.0 Å². The zero-order valence-corrected chi connectivity index (χ0v) is 10.4. The fourth-order valence-corrected chi connectivity index (χ4v) is 2.45. The first-order valence-corrected chi connectivity index (χ1v) is 6.41. The lowest BCUT2D eigenvalue weighted by molar-refractivity contribution is -0.0390. The molecule has 0 unspecified atom stereocenters. The molecule has 0 spiro atoms. The highest BCUT2D eigenvalue weighted by molar-refractivity contribution is 5.74. The molecule has 1 aliphatic carbocycles. The van der Waals surface area contributed by atoms with Crippen molar-refractivity contribution in [3.05, 3.63) is 0 Å². The van der Waals surface area contributed by atoms with Crippen LogP contribution in [0.15, 0.2) is 0 Å². The molecule has 2 fully saturated rings. The van der Waals surface area contributed by atoms with Gasteiger partial charge in [0.25, 0.3) is 0 Å². The minimum Gasteiger partial charge on any atom is -0.390 e. The second-order valence-electron chi connectivity index (χ2n) is 5.15. The summed E-state index contributed by atoms with van der Waals surface area (Å²) in [5.41, 5.74) is -0.507. The molecular formula is C12H22N2O3. The molecule has 98 valence electrons. The lowest BCUT2D eigenvalue weighted by Gasteiger charge is -2.36. The fourth-order valence-electron chi connectivity index (χ4n) is 2.45. The summed E-state index contributed by atoms with van der Waals surface area (Å²) in [4.78, 5) is 13.6. The number of hydrogen-bond acceptors (Lipinski definition) is 3. The molecule has 2 rings (SSSR count). The normalized spacial score (nSPS) is 26.7. The number of ether oxygens (including phenoxy) is 1. The van der Waals surface area contributed by atoms with E-state index in [-0.39, 0.29) is 12.1 Å². The Balaban J connectivity index is 1.64. The quantitative estimate of drug-likeness (QED) is 0.763. The van der Waals surface area contributed by atoms with Gasteiger partial charge in [-0.3, -0.25) is 0 Å². The van der Waals surface area contributed by atoms with Crippen LogP contribution in [0.25, 0.3) is 0 Å². The molecule has 2 N–H and O–H groups in total. The SMILES string of the molecule is CO[C@H]1CCN(C(=O)NCCC2(O)CCC2)C1. The van der Waals surface area contributed by atoms with E-state index in [1.165, 1.54) is 0 Å². The number of nitrogens with one attached hydrogen (secondary N) is 1. The molecule has 5 nitrogen and oxygen atoms in total. The molecule has 5 heteroatoms. The van der Waals surface area contributed by atoms with Gasteiger partial charge in [-0.05, 0) is 32.1 Å². The van der Waals surface area contributed by atoms with Crippen LogP contribution in [0, 0.1) is 0 Å². The standard InChI is InChI=1S/C12H22N2O3/c1-17-10-3-8-14(9-10)11(15)13-7-6-12(16)4-2-5-12/h10,16H,2-9H2,1H3,(H,13,15)/t10-/m0/s1. The van der Waals surface area contributed by atoms with E-state index < -0.39 is 5.60 Å². The predicted molar refractivity (Wildman–Crippen MR) is 63.8 cm³/mol. The highest BCUT2D eigenvalue weighted by Crippen LogP contribution is 2.34. The molecule has 0 aromatic carbocycles. The lowest BCUT2D eigenvalue weighted by atomic mass is 9.78. The van der Waals surface area contributed by atoms with Gasteiger partial charge < -0.3 is 20.1 Å². The van der Waals surface area contributed by atoms with Crippen molar-refractivity contribution in [2.45, 2.75) is 43.8 Å². The minimum absolute atomic E-state index is 0.0347. The summed E-state index contributed by atoms with van der Waals surface area (Å²) in [5.74, 6) is 0. The number of hydrogen-bond donors (Lipinski definition) is 2. The summed E-state index contributed by atoms with van der Waals surface area (Å²) >= 11 is 0. The molecule has 0 bridgehead atoms. The first-order valence-electron chi connectivity index (χ1n) is 6.41. The van der Waals surface area contributed by atoms with Crippen LogP contribution in [0.1, 0.15) is 32.1 Å². The summed E-state index contributed by atoms with van der Waals surface area (Å²) < 4.78 is 5.22. The second-order valence-corrected chi connectivity index (χ2v) is 5.15. The molecule has 1 saturated heterocycles. The van der Waals surface area contributed by atoms with Gasteiger partial charge in [0.05, 0.1) is 11.7 Å². The highest BCUT2D eigenvalue weighted by atomic mass is 16.5.